The van der Waals surface area contributed by atoms with Crippen LogP contribution in [0.2, 0.25) is 5.02 Å². The quantitative estimate of drug-likeness (QED) is 0.145. The van der Waals surface area contributed by atoms with Crippen LogP contribution < -0.4 is 25.7 Å². The Hall–Kier alpha value is -4.96. The van der Waals surface area contributed by atoms with Gasteiger partial charge in [-0.2, -0.15) is 10.2 Å². The van der Waals surface area contributed by atoms with Gasteiger partial charge >= 0.3 is 0 Å². The number of nitrogens with zero attached hydrogens (tertiary/aromatic N) is 5. The highest BCUT2D eigenvalue weighted by Crippen LogP contribution is 2.38. The fraction of sp³-hybridized carbons (Fsp3) is 0.361. The molecule has 13 heteroatoms. The number of carbonyl (C=O) groups excluding carboxylic acids is 1. The van der Waals surface area contributed by atoms with E-state index in [0.29, 0.717) is 77.6 Å². The number of aliphatic hydroxyl groups excluding tert-OH is 1. The monoisotopic (exact) mass is 685 g/mol. The second-order valence-electron chi connectivity index (χ2n) is 12.4. The number of fused-ring (bicyclic) bond motifs is 1. The number of methoxy groups -OCH3 is 2. The van der Waals surface area contributed by atoms with Gasteiger partial charge in [0.2, 0.25) is 5.95 Å². The fourth-order valence-electron chi connectivity index (χ4n) is 5.99. The second-order valence-corrected chi connectivity index (χ2v) is 12.8. The van der Waals surface area contributed by atoms with Gasteiger partial charge in [-0.1, -0.05) is 23.7 Å². The van der Waals surface area contributed by atoms with E-state index in [-0.39, 0.29) is 28.8 Å². The Morgan fingerprint density at radius 2 is 1.92 bits per heavy atom. The molecular weight excluding hydrogens is 646 g/mol. The highest BCUT2D eigenvalue weighted by Gasteiger charge is 2.30. The van der Waals surface area contributed by atoms with Crippen molar-refractivity contribution in [3.63, 3.8) is 0 Å². The zero-order valence-corrected chi connectivity index (χ0v) is 29.0. The van der Waals surface area contributed by atoms with Gasteiger partial charge in [-0.3, -0.25) is 19.1 Å². The van der Waals surface area contributed by atoms with E-state index < -0.39 is 11.4 Å². The van der Waals surface area contributed by atoms with Gasteiger partial charge in [0.05, 0.1) is 25.3 Å². The molecule has 1 aliphatic rings. The molecule has 5 rings (SSSR count). The van der Waals surface area contributed by atoms with Crippen molar-refractivity contribution < 1.29 is 19.4 Å². The Kier molecular flexibility index (Phi) is 10.9. The predicted octanol–water partition coefficient (Wildman–Crippen LogP) is 5.04. The van der Waals surface area contributed by atoms with E-state index in [1.54, 1.807) is 48.2 Å². The molecule has 256 valence electrons. The molecule has 1 amide bonds. The summed E-state index contributed by atoms with van der Waals surface area (Å²) in [5.74, 6) is 0.697. The van der Waals surface area contributed by atoms with Crippen molar-refractivity contribution in [1.29, 1.82) is 5.26 Å². The van der Waals surface area contributed by atoms with Crippen LogP contribution in [0.25, 0.3) is 22.2 Å². The van der Waals surface area contributed by atoms with E-state index in [9.17, 15) is 20.0 Å². The lowest BCUT2D eigenvalue weighted by molar-refractivity contribution is -0.112. The molecule has 0 unspecified atom stereocenters. The molecule has 0 atom stereocenters. The maximum Gasteiger partial charge on any atom is 0.266 e. The topological polar surface area (TPSA) is 155 Å². The third-order valence-corrected chi connectivity index (χ3v) is 9.15. The fourth-order valence-corrected chi connectivity index (χ4v) is 6.28. The van der Waals surface area contributed by atoms with Crippen molar-refractivity contribution in [2.45, 2.75) is 51.3 Å². The number of aliphatic hydroxyl groups is 1. The van der Waals surface area contributed by atoms with Gasteiger partial charge in [-0.15, -0.1) is 0 Å². The Balaban J connectivity index is 1.43. The van der Waals surface area contributed by atoms with E-state index in [2.05, 4.69) is 25.5 Å². The highest BCUT2D eigenvalue weighted by atomic mass is 35.5. The van der Waals surface area contributed by atoms with Gasteiger partial charge in [0.25, 0.3) is 11.5 Å². The minimum Gasteiger partial charge on any atom is -0.497 e. The van der Waals surface area contributed by atoms with Crippen LogP contribution >= 0.6 is 11.6 Å². The number of amides is 1. The molecule has 49 heavy (non-hydrogen) atoms. The minimum absolute atomic E-state index is 0.00391. The summed E-state index contributed by atoms with van der Waals surface area (Å²) in [6, 6.07) is 14.4. The number of rotatable bonds is 11. The lowest BCUT2D eigenvalue weighted by atomic mass is 9.95. The maximum atomic E-state index is 14.2. The first-order valence-corrected chi connectivity index (χ1v) is 16.3. The van der Waals surface area contributed by atoms with Crippen molar-refractivity contribution in [1.82, 2.24) is 19.4 Å². The molecule has 0 spiro atoms. The average molecular weight is 686 g/mol. The number of benzene rings is 2. The van der Waals surface area contributed by atoms with Crippen LogP contribution in [-0.4, -0.2) is 76.4 Å². The van der Waals surface area contributed by atoms with E-state index >= 15 is 0 Å². The number of nitriles is 1. The average Bonchev–Trinajstić information content (AvgIpc) is 3.10. The van der Waals surface area contributed by atoms with Crippen LogP contribution in [0.15, 0.2) is 65.1 Å². The lowest BCUT2D eigenvalue weighted by Crippen LogP contribution is -2.48. The van der Waals surface area contributed by atoms with E-state index in [0.717, 1.165) is 5.56 Å². The standard InChI is InChI=1S/C36H40ClN7O5/c1-36(2,43-12-10-26(45)11-13-43)19-24(20-38)33(46)41-25-8-6-7-22(15-25)9-14-44-32-23(21-40-35(39-3)42-32)16-29(34(44)47)28-17-27(48-4)18-30(49-5)31(28)37/h6-8,15-19,21,26,45H,9-14H2,1-5H3,(H,41,46)(H,39,40,42)/b24-19+. The molecule has 0 radical (unpaired) electrons. The molecule has 1 fully saturated rings. The van der Waals surface area contributed by atoms with Crippen molar-refractivity contribution in [2.24, 2.45) is 0 Å². The number of aromatic nitrogens is 3. The van der Waals surface area contributed by atoms with Gasteiger partial charge in [0, 0.05) is 66.7 Å². The second kappa shape index (κ2) is 15.1. The largest absolute Gasteiger partial charge is 0.497 e. The summed E-state index contributed by atoms with van der Waals surface area (Å²) >= 11 is 6.70. The molecule has 2 aromatic heterocycles. The van der Waals surface area contributed by atoms with Gasteiger partial charge in [0.15, 0.2) is 0 Å². The summed E-state index contributed by atoms with van der Waals surface area (Å²) in [5.41, 5.74) is 1.73. The molecular formula is C36H40ClN7O5. The smallest absolute Gasteiger partial charge is 0.266 e. The van der Waals surface area contributed by atoms with Crippen LogP contribution in [0, 0.1) is 11.3 Å². The molecule has 1 aliphatic heterocycles. The first-order valence-electron chi connectivity index (χ1n) is 15.9. The van der Waals surface area contributed by atoms with Crippen LogP contribution in [0.1, 0.15) is 32.3 Å². The number of nitrogens with one attached hydrogen (secondary N) is 2. The lowest BCUT2D eigenvalue weighted by Gasteiger charge is -2.40. The Morgan fingerprint density at radius 1 is 1.16 bits per heavy atom. The SMILES string of the molecule is CNc1ncc2cc(-c3cc(OC)cc(OC)c3Cl)c(=O)n(CCc3cccc(NC(=O)/C(C#N)=C/C(C)(C)N4CCC(O)CC4)c3)c2n1. The molecule has 0 aliphatic carbocycles. The summed E-state index contributed by atoms with van der Waals surface area (Å²) < 4.78 is 12.5. The normalized spacial score (nSPS) is 14.4. The Morgan fingerprint density at radius 3 is 2.59 bits per heavy atom. The highest BCUT2D eigenvalue weighted by molar-refractivity contribution is 6.35. The van der Waals surface area contributed by atoms with Crippen LogP contribution in [0.5, 0.6) is 11.5 Å². The Bertz CT molecular complexity index is 1990. The Labute approximate surface area is 290 Å². The number of pyridine rings is 1. The maximum absolute atomic E-state index is 14.2. The van der Waals surface area contributed by atoms with Gasteiger partial charge in [-0.25, -0.2) is 4.98 Å². The molecule has 4 aromatic rings. The van der Waals surface area contributed by atoms with Crippen molar-refractivity contribution in [3.05, 3.63) is 81.3 Å². The van der Waals surface area contributed by atoms with Crippen LogP contribution in [0.3, 0.4) is 0 Å². The molecule has 1 saturated heterocycles. The van der Waals surface area contributed by atoms with Crippen LogP contribution in [0.4, 0.5) is 11.6 Å². The number of halogens is 1. The summed E-state index contributed by atoms with van der Waals surface area (Å²) in [5, 5.41) is 26.4. The molecule has 12 nitrogen and oxygen atoms in total. The van der Waals surface area contributed by atoms with Gasteiger partial charge < -0.3 is 25.2 Å². The third-order valence-electron chi connectivity index (χ3n) is 8.76. The number of piperidine rings is 1. The first kappa shape index (κ1) is 35.3. The van der Waals surface area contributed by atoms with Gasteiger partial charge in [-0.05, 0) is 69.0 Å². The number of anilines is 2. The first-order chi connectivity index (χ1) is 23.5. The molecule has 3 N–H and O–H groups in total. The van der Waals surface area contributed by atoms with Gasteiger partial charge in [0.1, 0.15) is 28.8 Å². The molecule has 0 bridgehead atoms. The molecule has 0 saturated carbocycles. The van der Waals surface area contributed by atoms with E-state index in [1.807, 2.05) is 38.1 Å². The van der Waals surface area contributed by atoms with Crippen molar-refractivity contribution in [2.75, 3.05) is 45.0 Å². The number of hydrogen-bond acceptors (Lipinski definition) is 10. The summed E-state index contributed by atoms with van der Waals surface area (Å²) in [6.07, 6.45) is 4.73. The summed E-state index contributed by atoms with van der Waals surface area (Å²) in [4.78, 5) is 38.5. The molecule has 3 heterocycles. The van der Waals surface area contributed by atoms with E-state index in [4.69, 9.17) is 21.1 Å². The van der Waals surface area contributed by atoms with Crippen molar-refractivity contribution >= 4 is 40.2 Å². The van der Waals surface area contributed by atoms with Crippen LogP contribution in [-0.2, 0) is 17.8 Å². The number of likely N-dealkylation sites (tertiary alicyclic amines) is 1. The van der Waals surface area contributed by atoms with E-state index in [1.165, 1.54) is 14.2 Å². The summed E-state index contributed by atoms with van der Waals surface area (Å²) in [6.45, 7) is 5.52. The number of hydrogen-bond donors (Lipinski definition) is 3. The number of ether oxygens (including phenoxy) is 2. The zero-order valence-electron chi connectivity index (χ0n) is 28.2. The number of carbonyl (C=O) groups is 1. The molecule has 2 aromatic carbocycles. The third kappa shape index (κ3) is 7.86. The number of aryl methyl sites for hydroxylation is 2. The predicted molar refractivity (Wildman–Crippen MR) is 190 cm³/mol. The minimum atomic E-state index is -0.550. The zero-order chi connectivity index (χ0) is 35.3. The summed E-state index contributed by atoms with van der Waals surface area (Å²) in [7, 11) is 4.72. The van der Waals surface area contributed by atoms with Crippen molar-refractivity contribution in [3.8, 4) is 28.7 Å².